The van der Waals surface area contributed by atoms with Crippen LogP contribution in [-0.2, 0) is 25.4 Å². The van der Waals surface area contributed by atoms with Crippen molar-refractivity contribution in [2.45, 2.75) is 49.6 Å². The van der Waals surface area contributed by atoms with Gasteiger partial charge in [-0.3, -0.25) is 9.59 Å². The number of hydrogen-bond donors (Lipinski definition) is 5. The molecule has 1 saturated heterocycles. The summed E-state index contributed by atoms with van der Waals surface area (Å²) in [5.41, 5.74) is 6.60. The SMILES string of the molecule is COC1=CCC(C=CC(=O)c2c(O)cccc2O[C@@H]2O[C@H](COC(=O)[C@@H](N)Cc3ccccc3)[C@@H](O)[C@H](O)[C@H]2O)C=C1. The first-order valence-corrected chi connectivity index (χ1v) is 13.5. The molecule has 0 spiro atoms. The van der Waals surface area contributed by atoms with Gasteiger partial charge in [-0.15, -0.1) is 0 Å². The molecule has 1 aliphatic carbocycles. The quantitative estimate of drug-likeness (QED) is 0.148. The molecular weight excluding hydrogens is 546 g/mol. The van der Waals surface area contributed by atoms with Gasteiger partial charge in [-0.1, -0.05) is 48.6 Å². The summed E-state index contributed by atoms with van der Waals surface area (Å²) in [6, 6.07) is 12.3. The minimum atomic E-state index is -1.73. The molecule has 1 heterocycles. The van der Waals surface area contributed by atoms with E-state index in [2.05, 4.69) is 0 Å². The molecule has 0 bridgehead atoms. The van der Waals surface area contributed by atoms with E-state index in [1.165, 1.54) is 24.3 Å². The second-order valence-corrected chi connectivity index (χ2v) is 10.0. The van der Waals surface area contributed by atoms with Crippen molar-refractivity contribution in [1.82, 2.24) is 0 Å². The van der Waals surface area contributed by atoms with Crippen LogP contribution in [0.2, 0.25) is 0 Å². The largest absolute Gasteiger partial charge is 0.507 e. The molecule has 1 fully saturated rings. The number of benzene rings is 2. The lowest BCUT2D eigenvalue weighted by Gasteiger charge is -2.40. The minimum Gasteiger partial charge on any atom is -0.507 e. The van der Waals surface area contributed by atoms with Crippen LogP contribution in [0.1, 0.15) is 22.3 Å². The monoisotopic (exact) mass is 581 g/mol. The topological polar surface area (TPSA) is 178 Å². The summed E-state index contributed by atoms with van der Waals surface area (Å²) in [4.78, 5) is 25.5. The second-order valence-electron chi connectivity index (χ2n) is 10.0. The van der Waals surface area contributed by atoms with Crippen LogP contribution >= 0.6 is 0 Å². The van der Waals surface area contributed by atoms with Crippen molar-refractivity contribution >= 4 is 11.8 Å². The van der Waals surface area contributed by atoms with Gasteiger partial charge >= 0.3 is 5.97 Å². The zero-order valence-electron chi connectivity index (χ0n) is 23.0. The second kappa shape index (κ2) is 14.3. The molecule has 0 saturated carbocycles. The molecule has 11 nitrogen and oxygen atoms in total. The summed E-state index contributed by atoms with van der Waals surface area (Å²) in [6.07, 6.45) is 1.44. The Labute approximate surface area is 243 Å². The first-order chi connectivity index (χ1) is 20.2. The number of aliphatic hydroxyl groups is 3. The smallest absolute Gasteiger partial charge is 0.323 e. The maximum absolute atomic E-state index is 13.1. The van der Waals surface area contributed by atoms with Crippen molar-refractivity contribution in [2.75, 3.05) is 13.7 Å². The van der Waals surface area contributed by atoms with Crippen molar-refractivity contribution in [3.8, 4) is 11.5 Å². The lowest BCUT2D eigenvalue weighted by molar-refractivity contribution is -0.278. The van der Waals surface area contributed by atoms with Crippen molar-refractivity contribution in [2.24, 2.45) is 11.7 Å². The fourth-order valence-corrected chi connectivity index (χ4v) is 4.57. The normalized spacial score (nSPS) is 26.4. The number of aromatic hydroxyl groups is 1. The molecule has 224 valence electrons. The van der Waals surface area contributed by atoms with E-state index in [0.717, 1.165) is 11.3 Å². The van der Waals surface area contributed by atoms with Crippen LogP contribution < -0.4 is 10.5 Å². The molecule has 11 heteroatoms. The van der Waals surface area contributed by atoms with Gasteiger partial charge in [0.05, 0.1) is 7.11 Å². The molecule has 2 aromatic carbocycles. The number of carbonyl (C=O) groups is 2. The zero-order valence-corrected chi connectivity index (χ0v) is 23.0. The van der Waals surface area contributed by atoms with Crippen LogP contribution in [0.15, 0.2) is 84.7 Å². The highest BCUT2D eigenvalue weighted by Crippen LogP contribution is 2.32. The number of phenolic OH excluding ortho intramolecular Hbond substituents is 1. The van der Waals surface area contributed by atoms with Gasteiger partial charge in [-0.2, -0.15) is 0 Å². The molecule has 0 amide bonds. The van der Waals surface area contributed by atoms with E-state index in [0.29, 0.717) is 6.42 Å². The van der Waals surface area contributed by atoms with Crippen LogP contribution in [0, 0.1) is 5.92 Å². The van der Waals surface area contributed by atoms with Gasteiger partial charge in [0.15, 0.2) is 5.78 Å². The Balaban J connectivity index is 1.41. The van der Waals surface area contributed by atoms with Crippen molar-refractivity contribution < 1.29 is 49.0 Å². The summed E-state index contributed by atoms with van der Waals surface area (Å²) in [6.45, 7) is -0.491. The van der Waals surface area contributed by atoms with E-state index < -0.39 is 55.1 Å². The third-order valence-corrected chi connectivity index (χ3v) is 6.98. The number of ether oxygens (including phenoxy) is 4. The van der Waals surface area contributed by atoms with E-state index in [-0.39, 0.29) is 29.4 Å². The minimum absolute atomic E-state index is 0.0625. The van der Waals surface area contributed by atoms with Gasteiger partial charge < -0.3 is 45.1 Å². The van der Waals surface area contributed by atoms with E-state index in [1.54, 1.807) is 19.3 Å². The highest BCUT2D eigenvalue weighted by atomic mass is 16.7. The Kier molecular flexibility index (Phi) is 10.5. The van der Waals surface area contributed by atoms with E-state index >= 15 is 0 Å². The molecule has 0 aromatic heterocycles. The van der Waals surface area contributed by atoms with Crippen molar-refractivity contribution in [3.63, 3.8) is 0 Å². The van der Waals surface area contributed by atoms with E-state index in [9.17, 15) is 30.0 Å². The number of esters is 1. The average Bonchev–Trinajstić information content (AvgIpc) is 3.00. The van der Waals surface area contributed by atoms with Gasteiger partial charge in [0, 0.05) is 0 Å². The van der Waals surface area contributed by atoms with Crippen LogP contribution in [0.4, 0.5) is 0 Å². The van der Waals surface area contributed by atoms with Gasteiger partial charge in [-0.25, -0.2) is 0 Å². The van der Waals surface area contributed by atoms with Crippen LogP contribution in [0.3, 0.4) is 0 Å². The fourth-order valence-electron chi connectivity index (χ4n) is 4.57. The highest BCUT2D eigenvalue weighted by Gasteiger charge is 2.46. The van der Waals surface area contributed by atoms with Crippen molar-refractivity contribution in [1.29, 1.82) is 0 Å². The fraction of sp³-hybridized carbons (Fsp3) is 0.355. The Morgan fingerprint density at radius 1 is 1.07 bits per heavy atom. The number of ketones is 1. The molecule has 2 aliphatic rings. The predicted octanol–water partition coefficient (Wildman–Crippen LogP) is 1.54. The Hall–Kier alpha value is -4.00. The molecule has 1 unspecified atom stereocenters. The number of allylic oxidation sites excluding steroid dienone is 5. The lowest BCUT2D eigenvalue weighted by atomic mass is 9.98. The maximum atomic E-state index is 13.1. The summed E-state index contributed by atoms with van der Waals surface area (Å²) < 4.78 is 21.8. The lowest BCUT2D eigenvalue weighted by Crippen LogP contribution is -2.60. The van der Waals surface area contributed by atoms with Gasteiger partial charge in [0.25, 0.3) is 0 Å². The summed E-state index contributed by atoms with van der Waals surface area (Å²) in [5.74, 6) is -1.15. The Bertz CT molecular complexity index is 1320. The molecule has 4 rings (SSSR count). The molecule has 42 heavy (non-hydrogen) atoms. The standard InChI is InChI=1S/C31H35NO10/c1-39-20-13-10-18(11-14-20)12-15-23(34)26-22(33)8-5-9-24(26)41-31-29(37)28(36)27(35)25(42-31)17-40-30(38)21(32)16-19-6-3-2-4-7-19/h2-10,12-15,18,21,25,27-29,31,33,35-37H,11,16-17,32H2,1H3/t18?,21-,25+,27+,28-,29+,31+/m0/s1. The van der Waals surface area contributed by atoms with E-state index in [1.807, 2.05) is 42.5 Å². The maximum Gasteiger partial charge on any atom is 0.323 e. The molecule has 1 aliphatic heterocycles. The summed E-state index contributed by atoms with van der Waals surface area (Å²) in [7, 11) is 1.57. The van der Waals surface area contributed by atoms with Crippen LogP contribution in [0.25, 0.3) is 0 Å². The zero-order chi connectivity index (χ0) is 30.2. The molecule has 6 N–H and O–H groups in total. The van der Waals surface area contributed by atoms with Gasteiger partial charge in [-0.05, 0) is 54.7 Å². The summed E-state index contributed by atoms with van der Waals surface area (Å²) in [5, 5.41) is 41.9. The first kappa shape index (κ1) is 30.9. The van der Waals surface area contributed by atoms with Crippen LogP contribution in [-0.4, -0.2) is 82.6 Å². The number of rotatable bonds is 11. The molecule has 2 aromatic rings. The predicted molar refractivity (Wildman–Crippen MR) is 150 cm³/mol. The first-order valence-electron chi connectivity index (χ1n) is 13.5. The molecule has 7 atom stereocenters. The number of nitrogens with two attached hydrogens (primary N) is 1. The summed E-state index contributed by atoms with van der Waals surface area (Å²) >= 11 is 0. The van der Waals surface area contributed by atoms with Crippen molar-refractivity contribution in [3.05, 3.63) is 95.8 Å². The third-order valence-electron chi connectivity index (χ3n) is 6.98. The average molecular weight is 582 g/mol. The van der Waals surface area contributed by atoms with Gasteiger partial charge in [0.1, 0.15) is 59.9 Å². The Morgan fingerprint density at radius 2 is 1.83 bits per heavy atom. The third kappa shape index (κ3) is 7.64. The van der Waals surface area contributed by atoms with Gasteiger partial charge in [0.2, 0.25) is 6.29 Å². The molecular formula is C31H35NO10. The highest BCUT2D eigenvalue weighted by molar-refractivity contribution is 6.08. The Morgan fingerprint density at radius 3 is 2.52 bits per heavy atom. The molecule has 0 radical (unpaired) electrons. The van der Waals surface area contributed by atoms with E-state index in [4.69, 9.17) is 24.7 Å². The van der Waals surface area contributed by atoms with Crippen LogP contribution in [0.5, 0.6) is 11.5 Å². The number of aliphatic hydroxyl groups excluding tert-OH is 3. The number of carbonyl (C=O) groups excluding carboxylic acids is 2. The number of methoxy groups -OCH3 is 1. The number of phenols is 1. The number of hydrogen-bond acceptors (Lipinski definition) is 11.